The predicted octanol–water partition coefficient (Wildman–Crippen LogP) is 5.07. The van der Waals surface area contributed by atoms with Crippen LogP contribution < -0.4 is 5.32 Å². The summed E-state index contributed by atoms with van der Waals surface area (Å²) in [6, 6.07) is 8.17. The van der Waals surface area contributed by atoms with E-state index in [9.17, 15) is 4.79 Å². The summed E-state index contributed by atoms with van der Waals surface area (Å²) in [5.41, 5.74) is 4.14. The lowest BCUT2D eigenvalue weighted by molar-refractivity contribution is -0.130. The number of hydrogen-bond donors (Lipinski definition) is 1. The second kappa shape index (κ2) is 10.5. The van der Waals surface area contributed by atoms with Crippen molar-refractivity contribution in [3.8, 4) is 0 Å². The highest BCUT2D eigenvalue weighted by Gasteiger charge is 2.11. The highest BCUT2D eigenvalue weighted by atomic mass is 16.2. The summed E-state index contributed by atoms with van der Waals surface area (Å²) >= 11 is 0. The van der Waals surface area contributed by atoms with E-state index in [0.29, 0.717) is 19.5 Å². The van der Waals surface area contributed by atoms with E-state index in [4.69, 9.17) is 0 Å². The van der Waals surface area contributed by atoms with Crippen LogP contribution in [-0.4, -0.2) is 23.9 Å². The molecule has 1 aromatic carbocycles. The normalized spacial score (nSPS) is 11.6. The molecule has 0 bridgehead atoms. The van der Waals surface area contributed by atoms with Crippen molar-refractivity contribution in [2.24, 2.45) is 0 Å². The molecule has 0 heterocycles. The highest BCUT2D eigenvalue weighted by molar-refractivity contribution is 5.76. The Kier molecular flexibility index (Phi) is 8.63. The van der Waals surface area contributed by atoms with Crippen LogP contribution in [-0.2, 0) is 4.79 Å². The van der Waals surface area contributed by atoms with Gasteiger partial charge in [0.05, 0.1) is 0 Å². The zero-order chi connectivity index (χ0) is 17.9. The van der Waals surface area contributed by atoms with Gasteiger partial charge in [0.2, 0.25) is 5.91 Å². The maximum absolute atomic E-state index is 12.1. The number of carbonyl (C=O) groups excluding carboxylic acids is 1. The standard InChI is InChI=1S/C21H30N2O/c1-6-11-19(22-20-14-10-9-13-18(20)5)15-17(4)16-23(8-3)21(24)12-7-2/h6,9-11,13-15,22H,4,7-8,12,16H2,1-3,5H3/b11-6-,19-15+. The van der Waals surface area contributed by atoms with Crippen LogP contribution in [0.3, 0.4) is 0 Å². The van der Waals surface area contributed by atoms with Crippen LogP contribution in [0.4, 0.5) is 5.69 Å². The number of rotatable bonds is 9. The van der Waals surface area contributed by atoms with Crippen molar-refractivity contribution in [1.29, 1.82) is 0 Å². The number of carbonyl (C=O) groups is 1. The molecule has 1 N–H and O–H groups in total. The van der Waals surface area contributed by atoms with E-state index < -0.39 is 0 Å². The summed E-state index contributed by atoms with van der Waals surface area (Å²) in [5, 5.41) is 3.43. The number of amides is 1. The van der Waals surface area contributed by atoms with E-state index in [1.807, 2.05) is 56.0 Å². The molecular weight excluding hydrogens is 296 g/mol. The third kappa shape index (κ3) is 6.45. The molecule has 1 rings (SSSR count). The molecule has 3 nitrogen and oxygen atoms in total. The van der Waals surface area contributed by atoms with E-state index >= 15 is 0 Å². The van der Waals surface area contributed by atoms with Crippen molar-refractivity contribution >= 4 is 11.6 Å². The molecule has 0 radical (unpaired) electrons. The number of likely N-dealkylation sites (N-methyl/N-ethyl adjacent to an activating group) is 1. The number of nitrogens with one attached hydrogen (secondary N) is 1. The van der Waals surface area contributed by atoms with Crippen molar-refractivity contribution < 1.29 is 4.79 Å². The topological polar surface area (TPSA) is 32.3 Å². The SMILES string of the molecule is C=C(/C=C(\C=C/C)Nc1ccccc1C)CN(CC)C(=O)CCC. The smallest absolute Gasteiger partial charge is 0.222 e. The molecule has 1 aromatic rings. The lowest BCUT2D eigenvalue weighted by atomic mass is 10.1. The van der Waals surface area contributed by atoms with Gasteiger partial charge in [0, 0.05) is 30.9 Å². The van der Waals surface area contributed by atoms with Crippen LogP contribution in [0.15, 0.2) is 60.3 Å². The summed E-state index contributed by atoms with van der Waals surface area (Å²) in [6.07, 6.45) is 7.48. The number of allylic oxidation sites excluding steroid dienone is 2. The third-order valence-corrected chi connectivity index (χ3v) is 3.72. The molecule has 0 aliphatic rings. The van der Waals surface area contributed by atoms with Gasteiger partial charge in [0.15, 0.2) is 0 Å². The van der Waals surface area contributed by atoms with Crippen LogP contribution in [0.2, 0.25) is 0 Å². The Morgan fingerprint density at radius 1 is 1.29 bits per heavy atom. The van der Waals surface area contributed by atoms with E-state index in [-0.39, 0.29) is 5.91 Å². The molecule has 0 aromatic heterocycles. The second-order valence-electron chi connectivity index (χ2n) is 5.86. The summed E-state index contributed by atoms with van der Waals surface area (Å²) in [7, 11) is 0. The summed E-state index contributed by atoms with van der Waals surface area (Å²) < 4.78 is 0. The van der Waals surface area contributed by atoms with Gasteiger partial charge in [0.1, 0.15) is 0 Å². The Hall–Kier alpha value is -2.29. The number of nitrogens with zero attached hydrogens (tertiary/aromatic N) is 1. The van der Waals surface area contributed by atoms with Crippen molar-refractivity contribution in [3.63, 3.8) is 0 Å². The Morgan fingerprint density at radius 3 is 2.58 bits per heavy atom. The van der Waals surface area contributed by atoms with Gasteiger partial charge in [0.25, 0.3) is 0 Å². The molecule has 130 valence electrons. The first-order valence-corrected chi connectivity index (χ1v) is 8.64. The van der Waals surface area contributed by atoms with Crippen LogP contribution in [0.5, 0.6) is 0 Å². The van der Waals surface area contributed by atoms with Crippen LogP contribution in [0.25, 0.3) is 0 Å². The first kappa shape index (κ1) is 19.8. The van der Waals surface area contributed by atoms with Crippen LogP contribution in [0.1, 0.15) is 39.2 Å². The fourth-order valence-corrected chi connectivity index (χ4v) is 2.43. The maximum Gasteiger partial charge on any atom is 0.222 e. The third-order valence-electron chi connectivity index (χ3n) is 3.72. The van der Waals surface area contributed by atoms with Gasteiger partial charge < -0.3 is 10.2 Å². The van der Waals surface area contributed by atoms with Gasteiger partial charge >= 0.3 is 0 Å². The molecular formula is C21H30N2O. The van der Waals surface area contributed by atoms with Crippen LogP contribution in [0, 0.1) is 6.92 Å². The van der Waals surface area contributed by atoms with Crippen molar-refractivity contribution in [1.82, 2.24) is 4.90 Å². The van der Waals surface area contributed by atoms with Gasteiger partial charge in [-0.3, -0.25) is 4.79 Å². The van der Waals surface area contributed by atoms with Crippen LogP contribution >= 0.6 is 0 Å². The zero-order valence-corrected chi connectivity index (χ0v) is 15.4. The number of benzene rings is 1. The van der Waals surface area contributed by atoms with E-state index in [0.717, 1.165) is 23.4 Å². The average molecular weight is 326 g/mol. The largest absolute Gasteiger partial charge is 0.355 e. The minimum absolute atomic E-state index is 0.189. The second-order valence-corrected chi connectivity index (χ2v) is 5.86. The molecule has 0 saturated carbocycles. The Bertz CT molecular complexity index is 614. The minimum Gasteiger partial charge on any atom is -0.355 e. The van der Waals surface area contributed by atoms with Gasteiger partial charge in [-0.05, 0) is 56.5 Å². The van der Waals surface area contributed by atoms with E-state index in [1.165, 1.54) is 5.56 Å². The first-order chi connectivity index (χ1) is 11.5. The molecule has 1 amide bonds. The van der Waals surface area contributed by atoms with Gasteiger partial charge in [-0.2, -0.15) is 0 Å². The Labute approximate surface area is 146 Å². The Balaban J connectivity index is 2.85. The molecule has 3 heteroatoms. The summed E-state index contributed by atoms with van der Waals surface area (Å²) in [5.74, 6) is 0.189. The number of hydrogen-bond acceptors (Lipinski definition) is 2. The number of anilines is 1. The van der Waals surface area contributed by atoms with E-state index in [2.05, 4.69) is 31.0 Å². The first-order valence-electron chi connectivity index (χ1n) is 8.64. The molecule has 0 aliphatic carbocycles. The molecule has 24 heavy (non-hydrogen) atoms. The molecule has 0 unspecified atom stereocenters. The lowest BCUT2D eigenvalue weighted by Crippen LogP contribution is -2.32. The highest BCUT2D eigenvalue weighted by Crippen LogP contribution is 2.17. The van der Waals surface area contributed by atoms with Crippen molar-refractivity contribution in [2.45, 2.75) is 40.5 Å². The molecule has 0 spiro atoms. The monoisotopic (exact) mass is 326 g/mol. The molecule has 0 aliphatic heterocycles. The molecule has 0 saturated heterocycles. The number of aryl methyl sites for hydroxylation is 1. The van der Waals surface area contributed by atoms with Gasteiger partial charge in [-0.1, -0.05) is 37.8 Å². The quantitative estimate of drug-likeness (QED) is 0.642. The van der Waals surface area contributed by atoms with Gasteiger partial charge in [-0.15, -0.1) is 0 Å². The van der Waals surface area contributed by atoms with Crippen molar-refractivity contribution in [3.05, 3.63) is 65.9 Å². The predicted molar refractivity (Wildman–Crippen MR) is 104 cm³/mol. The fraction of sp³-hybridized carbons (Fsp3) is 0.381. The lowest BCUT2D eigenvalue weighted by Gasteiger charge is -2.21. The minimum atomic E-state index is 0.189. The number of para-hydroxylation sites is 1. The molecule has 0 atom stereocenters. The van der Waals surface area contributed by atoms with Crippen molar-refractivity contribution in [2.75, 3.05) is 18.4 Å². The van der Waals surface area contributed by atoms with Gasteiger partial charge in [-0.25, -0.2) is 0 Å². The summed E-state index contributed by atoms with van der Waals surface area (Å²) in [6.45, 7) is 13.5. The molecule has 0 fully saturated rings. The average Bonchev–Trinajstić information content (AvgIpc) is 2.55. The maximum atomic E-state index is 12.1. The van der Waals surface area contributed by atoms with E-state index in [1.54, 1.807) is 0 Å². The Morgan fingerprint density at radius 2 is 2.00 bits per heavy atom. The summed E-state index contributed by atoms with van der Waals surface area (Å²) in [4.78, 5) is 13.9. The zero-order valence-electron chi connectivity index (χ0n) is 15.4. The fourth-order valence-electron chi connectivity index (χ4n) is 2.43.